The number of rotatable bonds is 11. The number of carbonyl (C=O) groups excluding carboxylic acids is 1. The van der Waals surface area contributed by atoms with Crippen LogP contribution in [-0.2, 0) is 22.5 Å². The van der Waals surface area contributed by atoms with Crippen molar-refractivity contribution in [2.45, 2.75) is 38.0 Å². The lowest BCUT2D eigenvalue weighted by Crippen LogP contribution is -2.52. The lowest BCUT2D eigenvalue weighted by molar-refractivity contribution is -0.128. The van der Waals surface area contributed by atoms with Crippen molar-refractivity contribution in [1.82, 2.24) is 5.32 Å². The molecular weight excluding hydrogens is 536 g/mol. The van der Waals surface area contributed by atoms with Gasteiger partial charge in [-0.15, -0.1) is 0 Å². The number of amides is 1. The van der Waals surface area contributed by atoms with Crippen molar-refractivity contribution in [3.63, 3.8) is 0 Å². The fourth-order valence-electron chi connectivity index (χ4n) is 4.23. The molecule has 2 atom stereocenters. The van der Waals surface area contributed by atoms with E-state index in [0.29, 0.717) is 43.4 Å². The van der Waals surface area contributed by atoms with Gasteiger partial charge >= 0.3 is 0 Å². The molecule has 0 saturated heterocycles. The van der Waals surface area contributed by atoms with Crippen LogP contribution < -0.4 is 14.8 Å². The Labute approximate surface area is 225 Å². The predicted molar refractivity (Wildman–Crippen MR) is 146 cm³/mol. The Balaban J connectivity index is 1.61. The van der Waals surface area contributed by atoms with Crippen molar-refractivity contribution in [1.29, 1.82) is 0 Å². The van der Waals surface area contributed by atoms with Gasteiger partial charge in [0, 0.05) is 41.6 Å². The van der Waals surface area contributed by atoms with Crippen LogP contribution in [-0.4, -0.2) is 48.9 Å². The molecule has 0 aliphatic carbocycles. The first kappa shape index (κ1) is 26.7. The fraction of sp³-hybridized carbons (Fsp3) is 0.310. The highest BCUT2D eigenvalue weighted by molar-refractivity contribution is 9.10. The molecule has 0 unspecified atom stereocenters. The smallest absolute Gasteiger partial charge is 0.252 e. The minimum Gasteiger partial charge on any atom is -0.496 e. The summed E-state index contributed by atoms with van der Waals surface area (Å²) in [5.41, 5.74) is 1.46. The number of hydrogen-bond donors (Lipinski definition) is 2. The van der Waals surface area contributed by atoms with Gasteiger partial charge in [-0.05, 0) is 55.0 Å². The summed E-state index contributed by atoms with van der Waals surface area (Å²) in [7, 11) is 1.61. The van der Waals surface area contributed by atoms with E-state index in [1.807, 2.05) is 79.7 Å². The molecule has 2 N–H and O–H groups in total. The second kappa shape index (κ2) is 12.3. The van der Waals surface area contributed by atoms with Crippen molar-refractivity contribution in [2.75, 3.05) is 20.3 Å². The van der Waals surface area contributed by atoms with Crippen LogP contribution in [0.3, 0.4) is 0 Å². The maximum atomic E-state index is 13.8. The number of methoxy groups -OCH3 is 1. The molecule has 3 aromatic carbocycles. The van der Waals surface area contributed by atoms with E-state index in [9.17, 15) is 4.79 Å². The van der Waals surface area contributed by atoms with Gasteiger partial charge in [0.15, 0.2) is 5.54 Å². The van der Waals surface area contributed by atoms with Crippen LogP contribution in [0.5, 0.6) is 11.5 Å². The standard InChI is InChI=1S/C29H31BrN2O5/c1-20-29(18-21-8-12-24(30)13-9-21,28(34)31-19-23-6-3-4-7-26(23)35-2)32-27(37-20)22-10-14-25(15-11-22)36-17-5-16-33/h3-4,6-15,20,33H,5,16-19H2,1-2H3,(H,31,34)/t20-,29-/m1/s1. The zero-order chi connectivity index (χ0) is 26.3. The molecule has 37 heavy (non-hydrogen) atoms. The molecule has 1 heterocycles. The molecular formula is C29H31BrN2O5. The number of benzene rings is 3. The normalized spacial score (nSPS) is 18.6. The number of aliphatic imine (C=N–C) groups is 1. The summed E-state index contributed by atoms with van der Waals surface area (Å²) < 4.78 is 18.2. The van der Waals surface area contributed by atoms with Gasteiger partial charge in [-0.25, -0.2) is 4.99 Å². The number of nitrogens with zero attached hydrogens (tertiary/aromatic N) is 1. The summed E-state index contributed by atoms with van der Waals surface area (Å²) >= 11 is 3.48. The molecule has 0 bridgehead atoms. The molecule has 8 heteroatoms. The summed E-state index contributed by atoms with van der Waals surface area (Å²) in [5.74, 6) is 1.61. The van der Waals surface area contributed by atoms with Crippen LogP contribution in [0.2, 0.25) is 0 Å². The second-order valence-electron chi connectivity index (χ2n) is 8.85. The molecule has 194 valence electrons. The quantitative estimate of drug-likeness (QED) is 0.329. The SMILES string of the molecule is COc1ccccc1CNC(=O)[C@]1(Cc2ccc(Br)cc2)N=C(c2ccc(OCCCO)cc2)O[C@@H]1C. The highest BCUT2D eigenvalue weighted by Gasteiger charge is 2.50. The highest BCUT2D eigenvalue weighted by atomic mass is 79.9. The van der Waals surface area contributed by atoms with Crippen LogP contribution in [0.15, 0.2) is 82.3 Å². The van der Waals surface area contributed by atoms with E-state index in [0.717, 1.165) is 21.2 Å². The van der Waals surface area contributed by atoms with Crippen LogP contribution in [0.25, 0.3) is 0 Å². The second-order valence-corrected chi connectivity index (χ2v) is 9.76. The minimum absolute atomic E-state index is 0.0835. The summed E-state index contributed by atoms with van der Waals surface area (Å²) in [6, 6.07) is 22.9. The maximum Gasteiger partial charge on any atom is 0.252 e. The molecule has 1 aliphatic heterocycles. The Morgan fingerprint density at radius 3 is 2.54 bits per heavy atom. The number of aliphatic hydroxyl groups is 1. The number of ether oxygens (including phenoxy) is 3. The molecule has 3 aromatic rings. The molecule has 0 spiro atoms. The predicted octanol–water partition coefficient (Wildman–Crippen LogP) is 4.68. The number of hydrogen-bond acceptors (Lipinski definition) is 6. The van der Waals surface area contributed by atoms with Crippen molar-refractivity contribution in [3.05, 3.63) is 94.0 Å². The van der Waals surface area contributed by atoms with Gasteiger partial charge in [0.05, 0.1) is 13.7 Å². The van der Waals surface area contributed by atoms with Crippen LogP contribution in [0, 0.1) is 0 Å². The van der Waals surface area contributed by atoms with E-state index >= 15 is 0 Å². The summed E-state index contributed by atoms with van der Waals surface area (Å²) in [5, 5.41) is 12.0. The topological polar surface area (TPSA) is 89.4 Å². The van der Waals surface area contributed by atoms with E-state index < -0.39 is 11.6 Å². The number of aliphatic hydroxyl groups excluding tert-OH is 1. The van der Waals surface area contributed by atoms with Gasteiger partial charge in [-0.3, -0.25) is 4.79 Å². The van der Waals surface area contributed by atoms with Crippen molar-refractivity contribution < 1.29 is 24.1 Å². The summed E-state index contributed by atoms with van der Waals surface area (Å²) in [4.78, 5) is 18.7. The third kappa shape index (κ3) is 6.32. The van der Waals surface area contributed by atoms with Crippen LogP contribution >= 0.6 is 15.9 Å². The Kier molecular flexibility index (Phi) is 8.84. The number of carbonyl (C=O) groups is 1. The molecule has 0 saturated carbocycles. The fourth-order valence-corrected chi connectivity index (χ4v) is 4.50. The minimum atomic E-state index is -1.15. The zero-order valence-corrected chi connectivity index (χ0v) is 22.5. The van der Waals surface area contributed by atoms with Crippen molar-refractivity contribution >= 4 is 27.7 Å². The van der Waals surface area contributed by atoms with Crippen molar-refractivity contribution in [2.24, 2.45) is 4.99 Å². The molecule has 4 rings (SSSR count). The first-order chi connectivity index (χ1) is 17.9. The number of nitrogens with one attached hydrogen (secondary N) is 1. The summed E-state index contributed by atoms with van der Waals surface area (Å²) in [6.07, 6.45) is 0.451. The Morgan fingerprint density at radius 1 is 1.11 bits per heavy atom. The van der Waals surface area contributed by atoms with Gasteiger partial charge in [0.25, 0.3) is 5.91 Å². The third-order valence-electron chi connectivity index (χ3n) is 6.35. The molecule has 0 aromatic heterocycles. The molecule has 1 aliphatic rings. The average Bonchev–Trinajstić information content (AvgIpc) is 3.26. The molecule has 1 amide bonds. The largest absolute Gasteiger partial charge is 0.496 e. The number of halogens is 1. The average molecular weight is 567 g/mol. The lowest BCUT2D eigenvalue weighted by Gasteiger charge is -2.28. The van der Waals surface area contributed by atoms with Crippen molar-refractivity contribution in [3.8, 4) is 11.5 Å². The van der Waals surface area contributed by atoms with Gasteiger partial charge in [-0.1, -0.05) is 46.3 Å². The van der Waals surface area contributed by atoms with E-state index in [1.165, 1.54) is 0 Å². The summed E-state index contributed by atoms with van der Waals surface area (Å²) in [6.45, 7) is 2.71. The van der Waals surface area contributed by atoms with Crippen LogP contribution in [0.1, 0.15) is 30.0 Å². The van der Waals surface area contributed by atoms with Gasteiger partial charge in [0.2, 0.25) is 5.90 Å². The highest BCUT2D eigenvalue weighted by Crippen LogP contribution is 2.33. The Morgan fingerprint density at radius 2 is 1.84 bits per heavy atom. The molecule has 0 radical (unpaired) electrons. The Bertz CT molecular complexity index is 1230. The van der Waals surface area contributed by atoms with Gasteiger partial charge in [0.1, 0.15) is 17.6 Å². The maximum absolute atomic E-state index is 13.8. The Hall–Kier alpha value is -3.36. The van der Waals surface area contributed by atoms with Crippen LogP contribution in [0.4, 0.5) is 0 Å². The third-order valence-corrected chi connectivity index (χ3v) is 6.88. The first-order valence-electron chi connectivity index (χ1n) is 12.2. The monoisotopic (exact) mass is 566 g/mol. The van der Waals surface area contributed by atoms with E-state index in [-0.39, 0.29) is 12.5 Å². The van der Waals surface area contributed by atoms with E-state index in [1.54, 1.807) is 7.11 Å². The van der Waals surface area contributed by atoms with Gasteiger partial charge in [-0.2, -0.15) is 0 Å². The van der Waals surface area contributed by atoms with E-state index in [4.69, 9.17) is 24.3 Å². The lowest BCUT2D eigenvalue weighted by atomic mass is 9.86. The zero-order valence-electron chi connectivity index (χ0n) is 20.9. The van der Waals surface area contributed by atoms with E-state index in [2.05, 4.69) is 21.2 Å². The van der Waals surface area contributed by atoms with Gasteiger partial charge < -0.3 is 24.6 Å². The molecule has 7 nitrogen and oxygen atoms in total. The first-order valence-corrected chi connectivity index (χ1v) is 13.0. The number of para-hydroxylation sites is 1. The molecule has 0 fully saturated rings.